The quantitative estimate of drug-likeness (QED) is 0.565. The Balaban J connectivity index is 2.37. The van der Waals surface area contributed by atoms with E-state index in [2.05, 4.69) is 5.32 Å². The predicted molar refractivity (Wildman–Crippen MR) is 80.1 cm³/mol. The number of unbranched alkanes of at least 4 members (excludes halogenated alkanes) is 1. The first-order chi connectivity index (χ1) is 9.54. The van der Waals surface area contributed by atoms with E-state index in [1.165, 1.54) is 7.11 Å². The predicted octanol–water partition coefficient (Wildman–Crippen LogP) is 2.21. The summed E-state index contributed by atoms with van der Waals surface area (Å²) in [7, 11) is 1.53. The highest BCUT2D eigenvalue weighted by Crippen LogP contribution is 2.20. The van der Waals surface area contributed by atoms with E-state index in [1.54, 1.807) is 18.2 Å². The molecule has 0 aromatic heterocycles. The van der Waals surface area contributed by atoms with Crippen LogP contribution in [0.25, 0.3) is 0 Å². The SMILES string of the molecule is COc1ccc(N)cc1C(=O)NCCCCOC(C)C. The number of rotatable bonds is 8. The molecule has 0 unspecified atom stereocenters. The summed E-state index contributed by atoms with van der Waals surface area (Å²) in [6, 6.07) is 5.02. The first-order valence-corrected chi connectivity index (χ1v) is 6.88. The Kier molecular flexibility index (Phi) is 6.87. The number of hydrogen-bond donors (Lipinski definition) is 2. The monoisotopic (exact) mass is 280 g/mol. The molecule has 0 spiro atoms. The maximum Gasteiger partial charge on any atom is 0.255 e. The Labute approximate surface area is 120 Å². The molecule has 20 heavy (non-hydrogen) atoms. The third-order valence-electron chi connectivity index (χ3n) is 2.78. The second-order valence-corrected chi connectivity index (χ2v) is 4.84. The molecule has 0 heterocycles. The summed E-state index contributed by atoms with van der Waals surface area (Å²) in [5.74, 6) is 0.360. The molecule has 0 fully saturated rings. The number of hydrogen-bond acceptors (Lipinski definition) is 4. The Bertz CT molecular complexity index is 433. The van der Waals surface area contributed by atoms with Gasteiger partial charge in [0.05, 0.1) is 18.8 Å². The molecule has 0 saturated heterocycles. The van der Waals surface area contributed by atoms with Crippen LogP contribution in [0.2, 0.25) is 0 Å². The Hall–Kier alpha value is -1.75. The average molecular weight is 280 g/mol. The summed E-state index contributed by atoms with van der Waals surface area (Å²) in [4.78, 5) is 12.0. The molecule has 1 aromatic rings. The van der Waals surface area contributed by atoms with Gasteiger partial charge in [-0.1, -0.05) is 0 Å². The van der Waals surface area contributed by atoms with E-state index in [9.17, 15) is 4.79 Å². The van der Waals surface area contributed by atoms with Crippen LogP contribution in [-0.4, -0.2) is 32.3 Å². The van der Waals surface area contributed by atoms with Crippen LogP contribution in [0.5, 0.6) is 5.75 Å². The van der Waals surface area contributed by atoms with Gasteiger partial charge in [0.15, 0.2) is 0 Å². The summed E-state index contributed by atoms with van der Waals surface area (Å²) in [5.41, 5.74) is 6.70. The Morgan fingerprint density at radius 3 is 2.75 bits per heavy atom. The van der Waals surface area contributed by atoms with Gasteiger partial charge in [-0.3, -0.25) is 4.79 Å². The largest absolute Gasteiger partial charge is 0.496 e. The van der Waals surface area contributed by atoms with Crippen LogP contribution in [0.4, 0.5) is 5.69 Å². The second kappa shape index (κ2) is 8.43. The minimum absolute atomic E-state index is 0.168. The van der Waals surface area contributed by atoms with Crippen LogP contribution in [0.1, 0.15) is 37.0 Å². The van der Waals surface area contributed by atoms with Crippen molar-refractivity contribution in [1.82, 2.24) is 5.32 Å². The maximum absolute atomic E-state index is 12.0. The fourth-order valence-electron chi connectivity index (χ4n) is 1.75. The highest BCUT2D eigenvalue weighted by atomic mass is 16.5. The maximum atomic E-state index is 12.0. The van der Waals surface area contributed by atoms with Gasteiger partial charge >= 0.3 is 0 Å². The van der Waals surface area contributed by atoms with Crippen LogP contribution >= 0.6 is 0 Å². The van der Waals surface area contributed by atoms with Gasteiger partial charge in [0.1, 0.15) is 5.75 Å². The van der Waals surface area contributed by atoms with Gasteiger partial charge in [-0.15, -0.1) is 0 Å². The second-order valence-electron chi connectivity index (χ2n) is 4.84. The molecule has 0 aliphatic heterocycles. The number of carbonyl (C=O) groups excluding carboxylic acids is 1. The first kappa shape index (κ1) is 16.3. The molecule has 5 nitrogen and oxygen atoms in total. The van der Waals surface area contributed by atoms with Crippen molar-refractivity contribution in [3.05, 3.63) is 23.8 Å². The van der Waals surface area contributed by atoms with Crippen molar-refractivity contribution in [2.24, 2.45) is 0 Å². The van der Waals surface area contributed by atoms with Gasteiger partial charge in [0.25, 0.3) is 5.91 Å². The normalized spacial score (nSPS) is 10.6. The number of nitrogens with two attached hydrogens (primary N) is 1. The van der Waals surface area contributed by atoms with Crippen LogP contribution < -0.4 is 15.8 Å². The van der Waals surface area contributed by atoms with Crippen molar-refractivity contribution in [2.75, 3.05) is 26.0 Å². The molecule has 1 rings (SSSR count). The number of benzene rings is 1. The molecule has 0 atom stereocenters. The number of carbonyl (C=O) groups is 1. The lowest BCUT2D eigenvalue weighted by Gasteiger charge is -2.10. The van der Waals surface area contributed by atoms with Gasteiger partial charge < -0.3 is 20.5 Å². The van der Waals surface area contributed by atoms with Crippen molar-refractivity contribution >= 4 is 11.6 Å². The molecule has 1 amide bonds. The minimum Gasteiger partial charge on any atom is -0.496 e. The molecular formula is C15H24N2O3. The van der Waals surface area contributed by atoms with E-state index in [1.807, 2.05) is 13.8 Å². The summed E-state index contributed by atoms with van der Waals surface area (Å²) in [6.07, 6.45) is 2.05. The Morgan fingerprint density at radius 1 is 1.35 bits per heavy atom. The van der Waals surface area contributed by atoms with Gasteiger partial charge in [0, 0.05) is 18.8 Å². The van der Waals surface area contributed by atoms with E-state index in [-0.39, 0.29) is 12.0 Å². The number of nitrogens with one attached hydrogen (secondary N) is 1. The molecule has 0 radical (unpaired) electrons. The number of amides is 1. The van der Waals surface area contributed by atoms with Crippen molar-refractivity contribution in [3.63, 3.8) is 0 Å². The van der Waals surface area contributed by atoms with E-state index in [0.717, 1.165) is 19.4 Å². The highest BCUT2D eigenvalue weighted by molar-refractivity contribution is 5.97. The summed E-state index contributed by atoms with van der Waals surface area (Å²) in [5, 5.41) is 2.86. The smallest absolute Gasteiger partial charge is 0.255 e. The first-order valence-electron chi connectivity index (χ1n) is 6.88. The molecule has 0 aliphatic rings. The Morgan fingerprint density at radius 2 is 2.10 bits per heavy atom. The van der Waals surface area contributed by atoms with Gasteiger partial charge in [-0.25, -0.2) is 0 Å². The lowest BCUT2D eigenvalue weighted by atomic mass is 10.1. The molecule has 5 heteroatoms. The van der Waals surface area contributed by atoms with Gasteiger partial charge in [-0.2, -0.15) is 0 Å². The number of methoxy groups -OCH3 is 1. The molecule has 1 aromatic carbocycles. The molecule has 0 saturated carbocycles. The molecule has 3 N–H and O–H groups in total. The van der Waals surface area contributed by atoms with E-state index in [0.29, 0.717) is 23.5 Å². The van der Waals surface area contributed by atoms with Crippen LogP contribution in [0.3, 0.4) is 0 Å². The van der Waals surface area contributed by atoms with Crippen molar-refractivity contribution < 1.29 is 14.3 Å². The molecular weight excluding hydrogens is 256 g/mol. The van der Waals surface area contributed by atoms with Crippen molar-refractivity contribution in [1.29, 1.82) is 0 Å². The van der Waals surface area contributed by atoms with Crippen LogP contribution in [0.15, 0.2) is 18.2 Å². The molecule has 0 aliphatic carbocycles. The highest BCUT2D eigenvalue weighted by Gasteiger charge is 2.11. The fourth-order valence-corrected chi connectivity index (χ4v) is 1.75. The third-order valence-corrected chi connectivity index (χ3v) is 2.78. The zero-order chi connectivity index (χ0) is 15.0. The number of ether oxygens (including phenoxy) is 2. The topological polar surface area (TPSA) is 73.6 Å². The minimum atomic E-state index is -0.168. The standard InChI is InChI=1S/C15H24N2O3/c1-11(2)20-9-5-4-8-17-15(18)13-10-12(16)6-7-14(13)19-3/h6-7,10-11H,4-5,8-9,16H2,1-3H3,(H,17,18). The van der Waals surface area contributed by atoms with Crippen molar-refractivity contribution in [3.8, 4) is 5.75 Å². The van der Waals surface area contributed by atoms with Crippen LogP contribution in [0, 0.1) is 0 Å². The van der Waals surface area contributed by atoms with Gasteiger partial charge in [0.2, 0.25) is 0 Å². The van der Waals surface area contributed by atoms with E-state index in [4.69, 9.17) is 15.2 Å². The van der Waals surface area contributed by atoms with Crippen molar-refractivity contribution in [2.45, 2.75) is 32.8 Å². The lowest BCUT2D eigenvalue weighted by Crippen LogP contribution is -2.25. The molecule has 112 valence electrons. The summed E-state index contributed by atoms with van der Waals surface area (Å²) < 4.78 is 10.6. The zero-order valence-electron chi connectivity index (χ0n) is 12.4. The van der Waals surface area contributed by atoms with Crippen LogP contribution in [-0.2, 0) is 4.74 Å². The average Bonchev–Trinajstić information content (AvgIpc) is 2.42. The summed E-state index contributed by atoms with van der Waals surface area (Å²) in [6.45, 7) is 5.34. The van der Waals surface area contributed by atoms with E-state index >= 15 is 0 Å². The van der Waals surface area contributed by atoms with E-state index < -0.39 is 0 Å². The number of anilines is 1. The van der Waals surface area contributed by atoms with Gasteiger partial charge in [-0.05, 0) is 44.9 Å². The number of nitrogen functional groups attached to an aromatic ring is 1. The zero-order valence-corrected chi connectivity index (χ0v) is 12.4. The summed E-state index contributed by atoms with van der Waals surface area (Å²) >= 11 is 0. The molecule has 0 bridgehead atoms. The third kappa shape index (κ3) is 5.48. The fraction of sp³-hybridized carbons (Fsp3) is 0.533. The lowest BCUT2D eigenvalue weighted by molar-refractivity contribution is 0.0754.